The van der Waals surface area contributed by atoms with Gasteiger partial charge in [0.1, 0.15) is 11.6 Å². The van der Waals surface area contributed by atoms with E-state index in [1.54, 1.807) is 6.92 Å². The van der Waals surface area contributed by atoms with Crippen LogP contribution in [0.25, 0.3) is 0 Å². The highest BCUT2D eigenvalue weighted by Crippen LogP contribution is 2.21. The Balaban J connectivity index is 2.90. The molecule has 1 aromatic rings. The van der Waals surface area contributed by atoms with Gasteiger partial charge in [-0.1, -0.05) is 5.16 Å². The van der Waals surface area contributed by atoms with Crippen molar-refractivity contribution in [3.05, 3.63) is 29.6 Å². The van der Waals surface area contributed by atoms with E-state index in [-0.39, 0.29) is 18.8 Å². The van der Waals surface area contributed by atoms with Gasteiger partial charge in [-0.05, 0) is 19.1 Å². The summed E-state index contributed by atoms with van der Waals surface area (Å²) in [5.41, 5.74) is 0.804. The Morgan fingerprint density at radius 1 is 1.50 bits per heavy atom. The van der Waals surface area contributed by atoms with E-state index in [1.807, 2.05) is 0 Å². The number of hydrogen-bond acceptors (Lipinski definition) is 3. The Labute approximate surface area is 92.3 Å². The molecule has 3 nitrogen and oxygen atoms in total. The van der Waals surface area contributed by atoms with Crippen LogP contribution in [-0.4, -0.2) is 24.2 Å². The summed E-state index contributed by atoms with van der Waals surface area (Å²) >= 11 is 0. The van der Waals surface area contributed by atoms with Gasteiger partial charge in [-0.3, -0.25) is 4.39 Å². The Bertz CT molecular complexity index is 380. The Hall–Kier alpha value is -1.65. The molecule has 5 heteroatoms. The number of rotatable bonds is 5. The van der Waals surface area contributed by atoms with Crippen molar-refractivity contribution < 1.29 is 18.7 Å². The van der Waals surface area contributed by atoms with Gasteiger partial charge in [-0.2, -0.15) is 0 Å². The maximum absolute atomic E-state index is 13.0. The number of ether oxygens (including phenoxy) is 1. The van der Waals surface area contributed by atoms with Crippen LogP contribution in [0.2, 0.25) is 0 Å². The molecule has 1 N–H and O–H groups in total. The third-order valence-corrected chi connectivity index (χ3v) is 2.02. The van der Waals surface area contributed by atoms with Crippen molar-refractivity contribution in [1.82, 2.24) is 0 Å². The maximum atomic E-state index is 13.0. The summed E-state index contributed by atoms with van der Waals surface area (Å²) in [6.07, 6.45) is 0.241. The predicted molar refractivity (Wildman–Crippen MR) is 56.5 cm³/mol. The van der Waals surface area contributed by atoms with Gasteiger partial charge in [0.2, 0.25) is 0 Å². The van der Waals surface area contributed by atoms with Crippen LogP contribution in [0.3, 0.4) is 0 Å². The third kappa shape index (κ3) is 3.18. The fourth-order valence-electron chi connectivity index (χ4n) is 1.21. The SMILES string of the molecule is C/C(=N/O)c1ccc(F)cc1OCCCF. The lowest BCUT2D eigenvalue weighted by molar-refractivity contribution is 0.287. The van der Waals surface area contributed by atoms with Crippen LogP contribution in [-0.2, 0) is 0 Å². The highest BCUT2D eigenvalue weighted by Gasteiger charge is 2.08. The zero-order valence-corrected chi connectivity index (χ0v) is 8.91. The molecule has 0 aliphatic rings. The summed E-state index contributed by atoms with van der Waals surface area (Å²) in [6.45, 7) is 1.23. The largest absolute Gasteiger partial charge is 0.493 e. The van der Waals surface area contributed by atoms with Crippen LogP contribution in [0.15, 0.2) is 23.4 Å². The molecule has 0 aliphatic carbocycles. The van der Waals surface area contributed by atoms with E-state index >= 15 is 0 Å². The number of benzene rings is 1. The van der Waals surface area contributed by atoms with Crippen LogP contribution in [0.1, 0.15) is 18.9 Å². The topological polar surface area (TPSA) is 41.8 Å². The zero-order valence-electron chi connectivity index (χ0n) is 8.91. The summed E-state index contributed by atoms with van der Waals surface area (Å²) in [4.78, 5) is 0. The molecule has 0 fully saturated rings. The minimum atomic E-state index is -0.488. The number of nitrogens with zero attached hydrogens (tertiary/aromatic N) is 1. The zero-order chi connectivity index (χ0) is 12.0. The van der Waals surface area contributed by atoms with E-state index in [0.717, 1.165) is 0 Å². The van der Waals surface area contributed by atoms with E-state index in [9.17, 15) is 8.78 Å². The lowest BCUT2D eigenvalue weighted by Crippen LogP contribution is -2.04. The molecular formula is C11H13F2NO2. The van der Waals surface area contributed by atoms with E-state index in [2.05, 4.69) is 5.16 Å². The van der Waals surface area contributed by atoms with Gasteiger partial charge in [0.05, 0.1) is 19.0 Å². The molecule has 0 saturated heterocycles. The Morgan fingerprint density at radius 2 is 2.25 bits per heavy atom. The highest BCUT2D eigenvalue weighted by molar-refractivity contribution is 6.00. The monoisotopic (exact) mass is 229 g/mol. The first kappa shape index (κ1) is 12.4. The van der Waals surface area contributed by atoms with Crippen LogP contribution in [0.5, 0.6) is 5.75 Å². The van der Waals surface area contributed by atoms with Crippen LogP contribution in [0.4, 0.5) is 8.78 Å². The number of oxime groups is 1. The van der Waals surface area contributed by atoms with E-state index in [4.69, 9.17) is 9.94 Å². The van der Waals surface area contributed by atoms with Gasteiger partial charge < -0.3 is 9.94 Å². The van der Waals surface area contributed by atoms with Gasteiger partial charge in [-0.25, -0.2) is 4.39 Å². The first-order chi connectivity index (χ1) is 7.69. The lowest BCUT2D eigenvalue weighted by Gasteiger charge is -2.10. The summed E-state index contributed by atoms with van der Waals surface area (Å²) in [5, 5.41) is 11.6. The third-order valence-electron chi connectivity index (χ3n) is 2.02. The molecule has 0 aliphatic heterocycles. The number of hydrogen-bond donors (Lipinski definition) is 1. The van der Waals surface area contributed by atoms with E-state index in [1.165, 1.54) is 18.2 Å². The summed E-state index contributed by atoms with van der Waals surface area (Å²) in [5.74, 6) is -0.200. The normalized spacial score (nSPS) is 11.6. The molecule has 0 atom stereocenters. The first-order valence-electron chi connectivity index (χ1n) is 4.86. The van der Waals surface area contributed by atoms with Gasteiger partial charge >= 0.3 is 0 Å². The molecule has 0 spiro atoms. The fraction of sp³-hybridized carbons (Fsp3) is 0.364. The molecule has 88 valence electrons. The molecule has 0 aromatic heterocycles. The van der Waals surface area contributed by atoms with E-state index < -0.39 is 12.5 Å². The summed E-state index contributed by atoms with van der Waals surface area (Å²) in [7, 11) is 0. The highest BCUT2D eigenvalue weighted by atomic mass is 19.1. The van der Waals surface area contributed by atoms with Crippen LogP contribution < -0.4 is 4.74 Å². The average molecular weight is 229 g/mol. The van der Waals surface area contributed by atoms with Crippen LogP contribution >= 0.6 is 0 Å². The molecule has 0 amide bonds. The van der Waals surface area contributed by atoms with Gasteiger partial charge in [0, 0.05) is 18.1 Å². The Kier molecular flexibility index (Phi) is 4.69. The smallest absolute Gasteiger partial charge is 0.131 e. The first-order valence-corrected chi connectivity index (χ1v) is 4.86. The molecule has 0 saturated carbocycles. The lowest BCUT2D eigenvalue weighted by atomic mass is 10.1. The quantitative estimate of drug-likeness (QED) is 0.365. The van der Waals surface area contributed by atoms with Gasteiger partial charge in [0.25, 0.3) is 0 Å². The van der Waals surface area contributed by atoms with Crippen molar-refractivity contribution in [2.45, 2.75) is 13.3 Å². The van der Waals surface area contributed by atoms with E-state index in [0.29, 0.717) is 11.3 Å². The standard InChI is InChI=1S/C11H13F2NO2/c1-8(14-15)10-4-3-9(13)7-11(10)16-6-2-5-12/h3-4,7,15H,2,5-6H2,1H3/b14-8-. The summed E-state index contributed by atoms with van der Waals surface area (Å²) in [6, 6.07) is 3.88. The molecular weight excluding hydrogens is 216 g/mol. The molecule has 1 aromatic carbocycles. The average Bonchev–Trinajstić information content (AvgIpc) is 2.29. The molecule has 0 unspecified atom stereocenters. The van der Waals surface area contributed by atoms with Crippen molar-refractivity contribution in [2.24, 2.45) is 5.16 Å². The van der Waals surface area contributed by atoms with Crippen molar-refractivity contribution in [1.29, 1.82) is 0 Å². The predicted octanol–water partition coefficient (Wildman–Crippen LogP) is 2.76. The fourth-order valence-corrected chi connectivity index (χ4v) is 1.21. The molecule has 0 bridgehead atoms. The molecule has 1 rings (SSSR count). The number of alkyl halides is 1. The van der Waals surface area contributed by atoms with Crippen molar-refractivity contribution in [3.63, 3.8) is 0 Å². The minimum absolute atomic E-state index is 0.158. The second-order valence-corrected chi connectivity index (χ2v) is 3.22. The number of halogens is 2. The van der Waals surface area contributed by atoms with Crippen molar-refractivity contribution >= 4 is 5.71 Å². The van der Waals surface area contributed by atoms with Gasteiger partial charge in [0.15, 0.2) is 0 Å². The second-order valence-electron chi connectivity index (χ2n) is 3.22. The van der Waals surface area contributed by atoms with Crippen LogP contribution in [0, 0.1) is 5.82 Å². The van der Waals surface area contributed by atoms with Gasteiger partial charge in [-0.15, -0.1) is 0 Å². The maximum Gasteiger partial charge on any atom is 0.131 e. The Morgan fingerprint density at radius 3 is 2.88 bits per heavy atom. The van der Waals surface area contributed by atoms with Crippen molar-refractivity contribution in [3.8, 4) is 5.75 Å². The minimum Gasteiger partial charge on any atom is -0.493 e. The molecule has 16 heavy (non-hydrogen) atoms. The molecule has 0 radical (unpaired) electrons. The summed E-state index contributed by atoms with van der Waals surface area (Å²) < 4.78 is 30.1. The molecule has 0 heterocycles. The second kappa shape index (κ2) is 6.05. The van der Waals surface area contributed by atoms with Crippen molar-refractivity contribution in [2.75, 3.05) is 13.3 Å².